The first-order valence-corrected chi connectivity index (χ1v) is 3.89. The Kier molecular flexibility index (Phi) is 2.40. The Bertz CT molecular complexity index is 65.1. The van der Waals surface area contributed by atoms with Crippen molar-refractivity contribution in [2.45, 2.75) is 0 Å². The second kappa shape index (κ2) is 2.38. The van der Waals surface area contributed by atoms with E-state index in [0.29, 0.717) is 0 Å². The second-order valence-electron chi connectivity index (χ2n) is 1.27. The third-order valence-electron chi connectivity index (χ3n) is 0.418. The van der Waals surface area contributed by atoms with Crippen molar-refractivity contribution < 1.29 is 14.7 Å². The zero-order valence-electron chi connectivity index (χ0n) is 3.83. The van der Waals surface area contributed by atoms with E-state index in [1.54, 1.807) is 0 Å². The molecule has 44 valence electrons. The van der Waals surface area contributed by atoms with E-state index in [1.165, 1.54) is 6.08 Å². The fraction of sp³-hybridized carbons (Fsp3) is 0.333. The van der Waals surface area contributed by atoms with Gasteiger partial charge in [0.25, 0.3) is 0 Å². The summed E-state index contributed by atoms with van der Waals surface area (Å²) in [5.41, 5.74) is 0. The van der Waals surface area contributed by atoms with Crippen LogP contribution >= 0.6 is 7.94 Å². The molecule has 7 heavy (non-hydrogen) atoms. The van der Waals surface area contributed by atoms with Crippen molar-refractivity contribution in [3.05, 3.63) is 12.7 Å². The summed E-state index contributed by atoms with van der Waals surface area (Å²) in [6.07, 6.45) is 1.18. The van der Waals surface area contributed by atoms with Gasteiger partial charge in [0, 0.05) is 0 Å². The van der Waals surface area contributed by atoms with Crippen LogP contribution in [0.4, 0.5) is 0 Å². The number of allylic oxidation sites excluding steroid dienone is 1. The topological polar surface area (TPSA) is 60.7 Å². The van der Waals surface area contributed by atoms with Crippen molar-refractivity contribution in [2.75, 3.05) is 6.16 Å². The first kappa shape index (κ1) is 7.05. The van der Waals surface area contributed by atoms with Gasteiger partial charge in [-0.05, 0) is 0 Å². The molecule has 0 heterocycles. The molecule has 0 atom stereocenters. The molecule has 0 aliphatic heterocycles. The van der Waals surface area contributed by atoms with Crippen molar-refractivity contribution in [1.29, 1.82) is 0 Å². The Hall–Kier alpha value is 0.0500. The summed E-state index contributed by atoms with van der Waals surface area (Å²) in [4.78, 5) is 24.6. The molecule has 0 saturated carbocycles. The van der Waals surface area contributed by atoms with Gasteiger partial charge in [0.2, 0.25) is 0 Å². The van der Waals surface area contributed by atoms with Crippen molar-refractivity contribution in [3.63, 3.8) is 0 Å². The predicted octanol–water partition coefficient (Wildman–Crippen LogP) is -0.356. The monoisotopic (exact) mass is 124 g/mol. The third-order valence-corrected chi connectivity index (χ3v) is 1.25. The van der Waals surface area contributed by atoms with E-state index in [1.807, 2.05) is 0 Å². The molecule has 0 saturated heterocycles. The standard InChI is InChI=1S/C3H9O3P/c1-2-3-7(4,5)6/h2,4-7H,1,3H2. The molecule has 0 radical (unpaired) electrons. The van der Waals surface area contributed by atoms with E-state index in [-0.39, 0.29) is 6.16 Å². The molecule has 0 bridgehead atoms. The van der Waals surface area contributed by atoms with Gasteiger partial charge < -0.3 is 0 Å². The van der Waals surface area contributed by atoms with Crippen LogP contribution in [0.25, 0.3) is 0 Å². The molecule has 3 N–H and O–H groups in total. The first-order chi connectivity index (χ1) is 3.06. The first-order valence-electron chi connectivity index (χ1n) is 1.84. The molecule has 0 amide bonds. The maximum absolute atomic E-state index is 8.20. The molecule has 0 aromatic carbocycles. The fourth-order valence-electron chi connectivity index (χ4n) is 0.194. The molecular formula is C3H9O3P. The fourth-order valence-corrected chi connectivity index (χ4v) is 0.581. The molecule has 0 aromatic rings. The van der Waals surface area contributed by atoms with E-state index in [0.717, 1.165) is 0 Å². The van der Waals surface area contributed by atoms with Gasteiger partial charge in [0.05, 0.1) is 0 Å². The van der Waals surface area contributed by atoms with Crippen LogP contribution in [-0.2, 0) is 0 Å². The number of hydrogen-bond donors (Lipinski definition) is 3. The van der Waals surface area contributed by atoms with Gasteiger partial charge in [0.1, 0.15) is 0 Å². The Morgan fingerprint density at radius 3 is 1.86 bits per heavy atom. The molecule has 0 unspecified atom stereocenters. The summed E-state index contributed by atoms with van der Waals surface area (Å²) in [6.45, 7) is 3.20. The summed E-state index contributed by atoms with van der Waals surface area (Å²) in [6, 6.07) is 0. The normalized spacial score (nSPS) is 13.6. The van der Waals surface area contributed by atoms with Crippen LogP contribution in [0, 0.1) is 0 Å². The Balaban J connectivity index is 3.34. The van der Waals surface area contributed by atoms with E-state index in [4.69, 9.17) is 14.7 Å². The minimum absolute atomic E-state index is 0.0903. The van der Waals surface area contributed by atoms with E-state index in [2.05, 4.69) is 6.58 Å². The average molecular weight is 124 g/mol. The summed E-state index contributed by atoms with van der Waals surface area (Å²) in [5, 5.41) is 0. The van der Waals surface area contributed by atoms with Crippen LogP contribution in [0.5, 0.6) is 0 Å². The summed E-state index contributed by atoms with van der Waals surface area (Å²) in [5.74, 6) is 0. The van der Waals surface area contributed by atoms with Gasteiger partial charge in [-0.1, -0.05) is 0 Å². The number of rotatable bonds is 2. The molecular weight excluding hydrogens is 115 g/mol. The van der Waals surface area contributed by atoms with Crippen molar-refractivity contribution >= 4 is 7.94 Å². The molecule has 3 nitrogen and oxygen atoms in total. The maximum atomic E-state index is 8.20. The molecule has 0 aliphatic carbocycles. The van der Waals surface area contributed by atoms with E-state index >= 15 is 0 Å². The Labute approximate surface area is 42.5 Å². The van der Waals surface area contributed by atoms with Gasteiger partial charge in [-0.15, -0.1) is 0 Å². The van der Waals surface area contributed by atoms with Gasteiger partial charge in [-0.2, -0.15) is 0 Å². The summed E-state index contributed by atoms with van der Waals surface area (Å²) < 4.78 is 0. The van der Waals surface area contributed by atoms with Crippen LogP contribution in [0.2, 0.25) is 0 Å². The van der Waals surface area contributed by atoms with Crippen molar-refractivity contribution in [2.24, 2.45) is 0 Å². The van der Waals surface area contributed by atoms with Crippen LogP contribution in [0.15, 0.2) is 12.7 Å². The van der Waals surface area contributed by atoms with Gasteiger partial charge in [0.15, 0.2) is 0 Å². The minimum atomic E-state index is -3.78. The van der Waals surface area contributed by atoms with Crippen molar-refractivity contribution in [1.82, 2.24) is 0 Å². The summed E-state index contributed by atoms with van der Waals surface area (Å²) >= 11 is 0. The zero-order chi connectivity index (χ0) is 5.91. The van der Waals surface area contributed by atoms with Gasteiger partial charge >= 0.3 is 41.4 Å². The third kappa shape index (κ3) is 6.05. The zero-order valence-corrected chi connectivity index (χ0v) is 4.83. The molecule has 0 fully saturated rings. The number of hydrogen-bond acceptors (Lipinski definition) is 3. The van der Waals surface area contributed by atoms with Crippen LogP contribution in [-0.4, -0.2) is 20.8 Å². The van der Waals surface area contributed by atoms with Gasteiger partial charge in [-0.25, -0.2) is 0 Å². The van der Waals surface area contributed by atoms with E-state index in [9.17, 15) is 0 Å². The summed E-state index contributed by atoms with van der Waals surface area (Å²) in [7, 11) is -3.78. The molecule has 0 spiro atoms. The van der Waals surface area contributed by atoms with E-state index < -0.39 is 7.94 Å². The van der Waals surface area contributed by atoms with Gasteiger partial charge in [-0.3, -0.25) is 0 Å². The Morgan fingerprint density at radius 2 is 1.86 bits per heavy atom. The quantitative estimate of drug-likeness (QED) is 0.348. The molecule has 0 aromatic heterocycles. The predicted molar refractivity (Wildman–Crippen MR) is 30.0 cm³/mol. The molecule has 0 aliphatic rings. The second-order valence-corrected chi connectivity index (χ2v) is 3.22. The van der Waals surface area contributed by atoms with Crippen molar-refractivity contribution in [3.8, 4) is 0 Å². The molecule has 0 rings (SSSR count). The van der Waals surface area contributed by atoms with Crippen LogP contribution in [0.1, 0.15) is 0 Å². The van der Waals surface area contributed by atoms with Crippen LogP contribution in [0.3, 0.4) is 0 Å². The molecule has 4 heteroatoms. The van der Waals surface area contributed by atoms with Crippen LogP contribution < -0.4 is 0 Å². The average Bonchev–Trinajstić information content (AvgIpc) is 1.30. The Morgan fingerprint density at radius 1 is 1.43 bits per heavy atom. The SMILES string of the molecule is C=CC[PH](O)(O)O.